The normalized spacial score (nSPS) is 17.1. The molecule has 1 aromatic heterocycles. The second kappa shape index (κ2) is 10.5. The summed E-state index contributed by atoms with van der Waals surface area (Å²) < 4.78 is 1.83. The quantitative estimate of drug-likeness (QED) is 0.614. The molecule has 0 spiro atoms. The molecule has 2 aliphatic heterocycles. The van der Waals surface area contributed by atoms with Crippen LogP contribution in [0.3, 0.4) is 0 Å². The molecule has 6 nitrogen and oxygen atoms in total. The third-order valence-electron chi connectivity index (χ3n) is 7.16. The molecule has 1 saturated heterocycles. The van der Waals surface area contributed by atoms with E-state index in [9.17, 15) is 9.59 Å². The molecule has 0 saturated carbocycles. The van der Waals surface area contributed by atoms with Gasteiger partial charge >= 0.3 is 0 Å². The summed E-state index contributed by atoms with van der Waals surface area (Å²) in [5.74, 6) is 0.701. The molecular formula is C28H34N4O2. The van der Waals surface area contributed by atoms with Crippen LogP contribution in [0.4, 0.5) is 0 Å². The molecule has 5 rings (SSSR count). The number of fused-ring (bicyclic) bond motifs is 2. The Morgan fingerprint density at radius 1 is 0.853 bits per heavy atom. The van der Waals surface area contributed by atoms with Gasteiger partial charge in [-0.05, 0) is 68.1 Å². The molecule has 6 heteroatoms. The molecule has 1 N–H and O–H groups in total. The maximum atomic E-state index is 13.0. The van der Waals surface area contributed by atoms with Crippen LogP contribution in [-0.2, 0) is 26.1 Å². The van der Waals surface area contributed by atoms with Gasteiger partial charge in [-0.2, -0.15) is 0 Å². The fourth-order valence-electron chi connectivity index (χ4n) is 5.16. The van der Waals surface area contributed by atoms with Gasteiger partial charge in [0.1, 0.15) is 5.82 Å². The predicted molar refractivity (Wildman–Crippen MR) is 135 cm³/mol. The van der Waals surface area contributed by atoms with Gasteiger partial charge in [0.05, 0.1) is 10.9 Å². The number of nitrogens with one attached hydrogen (secondary N) is 1. The van der Waals surface area contributed by atoms with Gasteiger partial charge in [0.25, 0.3) is 11.5 Å². The van der Waals surface area contributed by atoms with E-state index in [-0.39, 0.29) is 11.5 Å². The van der Waals surface area contributed by atoms with Crippen molar-refractivity contribution in [2.45, 2.75) is 71.0 Å². The lowest BCUT2D eigenvalue weighted by Gasteiger charge is -2.26. The molecule has 0 atom stereocenters. The van der Waals surface area contributed by atoms with Crippen LogP contribution in [0.5, 0.6) is 0 Å². The zero-order valence-corrected chi connectivity index (χ0v) is 19.9. The number of aryl methyl sites for hydroxylation is 1. The molecule has 34 heavy (non-hydrogen) atoms. The zero-order chi connectivity index (χ0) is 23.3. The summed E-state index contributed by atoms with van der Waals surface area (Å²) in [6.07, 6.45) is 9.16. The summed E-state index contributed by atoms with van der Waals surface area (Å²) >= 11 is 0. The van der Waals surface area contributed by atoms with E-state index in [1.54, 1.807) is 18.2 Å². The second-order valence-electron chi connectivity index (χ2n) is 9.72. The van der Waals surface area contributed by atoms with Gasteiger partial charge in [-0.15, -0.1) is 0 Å². The van der Waals surface area contributed by atoms with Crippen LogP contribution in [0.1, 0.15) is 72.3 Å². The molecule has 2 aliphatic rings. The van der Waals surface area contributed by atoms with Crippen molar-refractivity contribution >= 4 is 16.8 Å². The highest BCUT2D eigenvalue weighted by Gasteiger charge is 2.15. The number of carbonyl (C=O) groups is 1. The van der Waals surface area contributed by atoms with Crippen molar-refractivity contribution in [1.82, 2.24) is 19.8 Å². The zero-order valence-electron chi connectivity index (χ0n) is 19.9. The molecular weight excluding hydrogens is 424 g/mol. The lowest BCUT2D eigenvalue weighted by atomic mass is 10.1. The van der Waals surface area contributed by atoms with E-state index in [4.69, 9.17) is 4.98 Å². The molecule has 1 amide bonds. The van der Waals surface area contributed by atoms with E-state index in [1.807, 2.05) is 4.57 Å². The monoisotopic (exact) mass is 458 g/mol. The third-order valence-corrected chi connectivity index (χ3v) is 7.16. The average molecular weight is 459 g/mol. The minimum Gasteiger partial charge on any atom is -0.348 e. The number of piperidine rings is 1. The number of benzene rings is 2. The molecule has 0 bridgehead atoms. The highest BCUT2D eigenvalue weighted by Crippen LogP contribution is 2.17. The molecule has 0 aliphatic carbocycles. The number of aromatic nitrogens is 2. The number of hydrogen-bond acceptors (Lipinski definition) is 4. The third kappa shape index (κ3) is 5.22. The lowest BCUT2D eigenvalue weighted by molar-refractivity contribution is 0.0951. The first-order chi connectivity index (χ1) is 16.7. The maximum absolute atomic E-state index is 13.0. The van der Waals surface area contributed by atoms with E-state index in [2.05, 4.69) is 34.5 Å². The van der Waals surface area contributed by atoms with Crippen molar-refractivity contribution in [2.75, 3.05) is 13.1 Å². The molecule has 0 radical (unpaired) electrons. The highest BCUT2D eigenvalue weighted by atomic mass is 16.1. The van der Waals surface area contributed by atoms with Gasteiger partial charge in [-0.25, -0.2) is 4.98 Å². The summed E-state index contributed by atoms with van der Waals surface area (Å²) in [5, 5.41) is 3.60. The Balaban J connectivity index is 1.25. The number of likely N-dealkylation sites (tertiary alicyclic amines) is 1. The first kappa shape index (κ1) is 22.8. The van der Waals surface area contributed by atoms with Crippen molar-refractivity contribution in [3.05, 3.63) is 75.3 Å². The van der Waals surface area contributed by atoms with Crippen molar-refractivity contribution in [2.24, 2.45) is 0 Å². The summed E-state index contributed by atoms with van der Waals surface area (Å²) in [5.41, 5.74) is 3.56. The first-order valence-corrected chi connectivity index (χ1v) is 12.8. The maximum Gasteiger partial charge on any atom is 0.261 e. The van der Waals surface area contributed by atoms with Crippen molar-refractivity contribution < 1.29 is 4.79 Å². The van der Waals surface area contributed by atoms with Gasteiger partial charge in [0.2, 0.25) is 0 Å². The van der Waals surface area contributed by atoms with Crippen LogP contribution >= 0.6 is 0 Å². The Labute approximate surface area is 201 Å². The number of amides is 1. The number of hydrogen-bond donors (Lipinski definition) is 1. The highest BCUT2D eigenvalue weighted by molar-refractivity contribution is 5.97. The minimum absolute atomic E-state index is 0.0125. The fourth-order valence-corrected chi connectivity index (χ4v) is 5.16. The Hall–Kier alpha value is -2.99. The standard InChI is InChI=1S/C28H34N4O2/c33-27(29-19-21-9-11-22(12-10-21)20-31-15-5-3-6-16-31)23-13-14-24-25(18-23)30-26-8-4-1-2-7-17-32(26)28(24)34/h9-14,18H,1-8,15-17,19-20H2,(H,29,33). The SMILES string of the molecule is O=C(NCc1ccc(CN2CCCCC2)cc1)c1ccc2c(=O)n3c(nc2c1)CCCCCC3. The minimum atomic E-state index is -0.145. The molecule has 3 aromatic rings. The summed E-state index contributed by atoms with van der Waals surface area (Å²) in [7, 11) is 0. The fraction of sp³-hybridized carbons (Fsp3) is 0.464. The Morgan fingerprint density at radius 2 is 1.56 bits per heavy atom. The van der Waals surface area contributed by atoms with Gasteiger partial charge in [-0.1, -0.05) is 43.5 Å². The molecule has 0 unspecified atom stereocenters. The van der Waals surface area contributed by atoms with Crippen LogP contribution in [-0.4, -0.2) is 33.4 Å². The van der Waals surface area contributed by atoms with Crippen molar-refractivity contribution in [1.29, 1.82) is 0 Å². The lowest BCUT2D eigenvalue weighted by Crippen LogP contribution is -2.29. The number of rotatable bonds is 5. The Kier molecular flexibility index (Phi) is 7.05. The predicted octanol–water partition coefficient (Wildman–Crippen LogP) is 4.43. The summed E-state index contributed by atoms with van der Waals surface area (Å²) in [6.45, 7) is 4.58. The number of carbonyl (C=O) groups excluding carboxylic acids is 1. The molecule has 2 aromatic carbocycles. The molecule has 178 valence electrons. The van der Waals surface area contributed by atoms with Crippen LogP contribution < -0.4 is 10.9 Å². The van der Waals surface area contributed by atoms with E-state index in [0.29, 0.717) is 23.0 Å². The van der Waals surface area contributed by atoms with Crippen LogP contribution in [0, 0.1) is 0 Å². The van der Waals surface area contributed by atoms with Gasteiger partial charge in [-0.3, -0.25) is 19.1 Å². The van der Waals surface area contributed by atoms with E-state index in [1.165, 1.54) is 44.3 Å². The molecule has 3 heterocycles. The Morgan fingerprint density at radius 3 is 2.38 bits per heavy atom. The van der Waals surface area contributed by atoms with Crippen molar-refractivity contribution in [3.63, 3.8) is 0 Å². The van der Waals surface area contributed by atoms with Gasteiger partial charge < -0.3 is 5.32 Å². The summed E-state index contributed by atoms with van der Waals surface area (Å²) in [6, 6.07) is 13.8. The van der Waals surface area contributed by atoms with E-state index >= 15 is 0 Å². The van der Waals surface area contributed by atoms with Crippen LogP contribution in [0.15, 0.2) is 47.3 Å². The van der Waals surface area contributed by atoms with E-state index in [0.717, 1.165) is 50.2 Å². The van der Waals surface area contributed by atoms with Crippen molar-refractivity contribution in [3.8, 4) is 0 Å². The van der Waals surface area contributed by atoms with E-state index < -0.39 is 0 Å². The number of nitrogens with zero attached hydrogens (tertiary/aromatic N) is 3. The van der Waals surface area contributed by atoms with Gasteiger partial charge in [0, 0.05) is 31.6 Å². The average Bonchev–Trinajstić information content (AvgIpc) is 2.85. The Bertz CT molecular complexity index is 1210. The summed E-state index contributed by atoms with van der Waals surface area (Å²) in [4.78, 5) is 33.1. The smallest absolute Gasteiger partial charge is 0.261 e. The molecule has 1 fully saturated rings. The van der Waals surface area contributed by atoms with Gasteiger partial charge in [0.15, 0.2) is 0 Å². The van der Waals surface area contributed by atoms with Crippen LogP contribution in [0.25, 0.3) is 10.9 Å². The second-order valence-corrected chi connectivity index (χ2v) is 9.72. The topological polar surface area (TPSA) is 67.2 Å². The first-order valence-electron chi connectivity index (χ1n) is 12.8. The van der Waals surface area contributed by atoms with Crippen LogP contribution in [0.2, 0.25) is 0 Å². The largest absolute Gasteiger partial charge is 0.348 e.